The van der Waals surface area contributed by atoms with Gasteiger partial charge < -0.3 is 24.8 Å². The summed E-state index contributed by atoms with van der Waals surface area (Å²) in [5.74, 6) is -0.176. The van der Waals surface area contributed by atoms with E-state index in [-0.39, 0.29) is 11.6 Å². The second-order valence-corrected chi connectivity index (χ2v) is 7.13. The maximum Gasteiger partial charge on any atom is 0.573 e. The first-order valence-electron chi connectivity index (χ1n) is 9.17. The summed E-state index contributed by atoms with van der Waals surface area (Å²) in [5.41, 5.74) is 2.68. The molecule has 3 aromatic rings. The first-order valence-corrected chi connectivity index (χ1v) is 9.17. The van der Waals surface area contributed by atoms with Crippen LogP contribution >= 0.6 is 0 Å². The van der Waals surface area contributed by atoms with Crippen LogP contribution in [-0.2, 0) is 13.1 Å². The van der Waals surface area contributed by atoms with Gasteiger partial charge in [0.15, 0.2) is 5.88 Å². The largest absolute Gasteiger partial charge is 0.573 e. The Morgan fingerprint density at radius 2 is 1.83 bits per heavy atom. The Labute approximate surface area is 166 Å². The molecule has 29 heavy (non-hydrogen) atoms. The van der Waals surface area contributed by atoms with Crippen molar-refractivity contribution < 1.29 is 28.1 Å². The minimum atomic E-state index is -4.72. The van der Waals surface area contributed by atoms with Crippen LogP contribution in [-0.4, -0.2) is 33.8 Å². The number of alkyl halides is 3. The molecule has 0 saturated carbocycles. The summed E-state index contributed by atoms with van der Waals surface area (Å²) in [5, 5.41) is 24.7. The number of benzene rings is 2. The van der Waals surface area contributed by atoms with Crippen LogP contribution < -0.4 is 10.1 Å². The summed E-state index contributed by atoms with van der Waals surface area (Å²) < 4.78 is 42.3. The fraction of sp³-hybridized carbons (Fsp3) is 0.333. The average molecular weight is 408 g/mol. The molecule has 1 heterocycles. The minimum absolute atomic E-state index is 0.108. The molecule has 0 amide bonds. The van der Waals surface area contributed by atoms with E-state index in [2.05, 4.69) is 10.1 Å². The molecule has 1 unspecified atom stereocenters. The van der Waals surface area contributed by atoms with E-state index in [9.17, 15) is 23.4 Å². The molecule has 156 valence electrons. The van der Waals surface area contributed by atoms with Gasteiger partial charge in [0.05, 0.1) is 12.6 Å². The minimum Gasteiger partial charge on any atom is -0.494 e. The number of aromatic hydroxyl groups is 1. The van der Waals surface area contributed by atoms with Gasteiger partial charge in [0.2, 0.25) is 0 Å². The van der Waals surface area contributed by atoms with Crippen molar-refractivity contribution in [2.45, 2.75) is 39.4 Å². The maximum atomic E-state index is 12.3. The third-order valence-electron chi connectivity index (χ3n) is 4.50. The second kappa shape index (κ2) is 8.34. The Morgan fingerprint density at radius 1 is 1.14 bits per heavy atom. The number of hydrogen-bond acceptors (Lipinski definition) is 4. The van der Waals surface area contributed by atoms with Crippen molar-refractivity contribution in [2.75, 3.05) is 6.54 Å². The monoisotopic (exact) mass is 408 g/mol. The number of aryl methyl sites for hydroxylation is 1. The average Bonchev–Trinajstić information content (AvgIpc) is 2.91. The Hall–Kier alpha value is -2.71. The summed E-state index contributed by atoms with van der Waals surface area (Å²) in [6, 6.07) is 9.51. The molecule has 0 aliphatic rings. The molecule has 0 spiro atoms. The van der Waals surface area contributed by atoms with Crippen molar-refractivity contribution in [3.05, 3.63) is 59.3 Å². The molecule has 8 heteroatoms. The quantitative estimate of drug-likeness (QED) is 0.551. The Bertz CT molecular complexity index is 979. The van der Waals surface area contributed by atoms with E-state index in [0.717, 1.165) is 27.5 Å². The molecule has 0 bridgehead atoms. The molecule has 0 aliphatic heterocycles. The summed E-state index contributed by atoms with van der Waals surface area (Å²) in [6.45, 7) is 5.00. The lowest BCUT2D eigenvalue weighted by Gasteiger charge is -2.10. The fourth-order valence-electron chi connectivity index (χ4n) is 3.31. The van der Waals surface area contributed by atoms with E-state index in [1.165, 1.54) is 24.3 Å². The topological polar surface area (TPSA) is 66.7 Å². The zero-order valence-electron chi connectivity index (χ0n) is 16.1. The van der Waals surface area contributed by atoms with E-state index >= 15 is 0 Å². The van der Waals surface area contributed by atoms with E-state index in [1.807, 2.05) is 25.3 Å². The second-order valence-electron chi connectivity index (χ2n) is 7.13. The lowest BCUT2D eigenvalue weighted by molar-refractivity contribution is -0.274. The number of fused-ring (bicyclic) bond motifs is 1. The van der Waals surface area contributed by atoms with Gasteiger partial charge in [0.1, 0.15) is 5.75 Å². The highest BCUT2D eigenvalue weighted by Crippen LogP contribution is 2.32. The molecule has 0 fully saturated rings. The van der Waals surface area contributed by atoms with Crippen molar-refractivity contribution >= 4 is 10.8 Å². The predicted octanol–water partition coefficient (Wildman–Crippen LogP) is 4.07. The molecule has 0 aliphatic carbocycles. The van der Waals surface area contributed by atoms with Gasteiger partial charge in [-0.1, -0.05) is 18.2 Å². The van der Waals surface area contributed by atoms with E-state index in [1.54, 1.807) is 11.5 Å². The van der Waals surface area contributed by atoms with E-state index in [0.29, 0.717) is 19.6 Å². The summed E-state index contributed by atoms with van der Waals surface area (Å²) in [4.78, 5) is 0. The lowest BCUT2D eigenvalue weighted by Crippen LogP contribution is -2.23. The zero-order valence-corrected chi connectivity index (χ0v) is 16.1. The highest BCUT2D eigenvalue weighted by Gasteiger charge is 2.30. The normalized spacial score (nSPS) is 13.0. The van der Waals surface area contributed by atoms with Gasteiger partial charge in [-0.05, 0) is 48.7 Å². The van der Waals surface area contributed by atoms with Gasteiger partial charge in [-0.2, -0.15) is 0 Å². The molecule has 0 radical (unpaired) electrons. The molecular formula is C21H23F3N2O3. The lowest BCUT2D eigenvalue weighted by atomic mass is 10.1. The van der Waals surface area contributed by atoms with Gasteiger partial charge in [-0.25, -0.2) is 0 Å². The Morgan fingerprint density at radius 3 is 2.45 bits per heavy atom. The van der Waals surface area contributed by atoms with Crippen molar-refractivity contribution in [1.82, 2.24) is 9.88 Å². The zero-order chi connectivity index (χ0) is 21.2. The molecular weight excluding hydrogens is 385 g/mol. The van der Waals surface area contributed by atoms with Crippen molar-refractivity contribution in [3.63, 3.8) is 0 Å². The summed E-state index contributed by atoms with van der Waals surface area (Å²) in [6.07, 6.45) is -3.34. The maximum absolute atomic E-state index is 12.3. The standard InChI is InChI=1S/C21H23F3N2O3/c1-13-7-16(10-25-9-14(2)27)8-17-12-26(20(28)19(13)17)11-15-3-5-18(6-4-15)29-21(22,23)24/h3-8,12,14,25,27-28H,9-11H2,1-2H3. The Balaban J connectivity index is 1.79. The van der Waals surface area contributed by atoms with Gasteiger partial charge in [-0.15, -0.1) is 13.2 Å². The molecule has 5 nitrogen and oxygen atoms in total. The number of ether oxygens (including phenoxy) is 1. The number of nitrogens with zero attached hydrogens (tertiary/aromatic N) is 1. The molecule has 3 rings (SSSR count). The van der Waals surface area contributed by atoms with E-state index < -0.39 is 12.5 Å². The molecule has 2 aromatic carbocycles. The van der Waals surface area contributed by atoms with Crippen LogP contribution in [0.2, 0.25) is 0 Å². The first-order chi connectivity index (χ1) is 13.6. The van der Waals surface area contributed by atoms with E-state index in [4.69, 9.17) is 0 Å². The van der Waals surface area contributed by atoms with Crippen molar-refractivity contribution in [2.24, 2.45) is 0 Å². The molecule has 0 saturated heterocycles. The number of aromatic nitrogens is 1. The van der Waals surface area contributed by atoms with Gasteiger partial charge >= 0.3 is 6.36 Å². The summed E-state index contributed by atoms with van der Waals surface area (Å²) >= 11 is 0. The third-order valence-corrected chi connectivity index (χ3v) is 4.50. The van der Waals surface area contributed by atoms with Crippen LogP contribution in [0.25, 0.3) is 10.8 Å². The Kier molecular flexibility index (Phi) is 6.04. The highest BCUT2D eigenvalue weighted by molar-refractivity contribution is 5.91. The molecule has 1 aromatic heterocycles. The molecule has 1 atom stereocenters. The van der Waals surface area contributed by atoms with Crippen LogP contribution in [0.1, 0.15) is 23.6 Å². The number of aliphatic hydroxyl groups excluding tert-OH is 1. The van der Waals surface area contributed by atoms with Crippen LogP contribution in [0.4, 0.5) is 13.2 Å². The number of rotatable bonds is 7. The SMILES string of the molecule is Cc1cc(CNCC(C)O)cc2cn(Cc3ccc(OC(F)(F)F)cc3)c(O)c12. The number of hydrogen-bond donors (Lipinski definition) is 3. The molecule has 3 N–H and O–H groups in total. The van der Waals surface area contributed by atoms with Crippen LogP contribution in [0, 0.1) is 6.92 Å². The van der Waals surface area contributed by atoms with Crippen molar-refractivity contribution in [3.8, 4) is 11.6 Å². The predicted molar refractivity (Wildman–Crippen MR) is 104 cm³/mol. The van der Waals surface area contributed by atoms with Gasteiger partial charge in [-0.3, -0.25) is 0 Å². The first kappa shape index (κ1) is 21.0. The number of nitrogens with one attached hydrogen (secondary N) is 1. The van der Waals surface area contributed by atoms with Crippen molar-refractivity contribution in [1.29, 1.82) is 0 Å². The van der Waals surface area contributed by atoms with Crippen LogP contribution in [0.5, 0.6) is 11.6 Å². The van der Waals surface area contributed by atoms with Crippen LogP contribution in [0.15, 0.2) is 42.6 Å². The fourth-order valence-corrected chi connectivity index (χ4v) is 3.31. The van der Waals surface area contributed by atoms with Gasteiger partial charge in [0.25, 0.3) is 0 Å². The third kappa shape index (κ3) is 5.42. The number of aliphatic hydroxyl groups is 1. The summed E-state index contributed by atoms with van der Waals surface area (Å²) in [7, 11) is 0. The highest BCUT2D eigenvalue weighted by atomic mass is 19.4. The number of halogens is 3. The van der Waals surface area contributed by atoms with Gasteiger partial charge in [0, 0.05) is 30.1 Å². The smallest absolute Gasteiger partial charge is 0.494 e. The van der Waals surface area contributed by atoms with Crippen LogP contribution in [0.3, 0.4) is 0 Å².